The van der Waals surface area contributed by atoms with E-state index < -0.39 is 29.3 Å². The zero-order chi connectivity index (χ0) is 20.6. The van der Waals surface area contributed by atoms with E-state index in [1.807, 2.05) is 0 Å². The van der Waals surface area contributed by atoms with E-state index in [1.54, 1.807) is 54.6 Å². The third-order valence-corrected chi connectivity index (χ3v) is 5.88. The number of esters is 1. The number of alkyl halides is 2. The molecule has 0 unspecified atom stereocenters. The summed E-state index contributed by atoms with van der Waals surface area (Å²) in [6, 6.07) is 14.6. The van der Waals surface area contributed by atoms with Crippen LogP contribution in [0.25, 0.3) is 0 Å². The number of benzene rings is 2. The minimum Gasteiger partial charge on any atom is -0.465 e. The molecule has 0 radical (unpaired) electrons. The first-order valence-electron chi connectivity index (χ1n) is 9.45. The first-order valence-corrected chi connectivity index (χ1v) is 9.45. The molecule has 0 amide bonds. The highest BCUT2D eigenvalue weighted by Gasteiger charge is 2.72. The lowest BCUT2D eigenvalue weighted by Gasteiger charge is -2.38. The Labute approximate surface area is 167 Å². The molecule has 2 atom stereocenters. The molecule has 2 fully saturated rings. The van der Waals surface area contributed by atoms with Crippen molar-refractivity contribution < 1.29 is 27.9 Å². The van der Waals surface area contributed by atoms with Crippen molar-refractivity contribution in [1.82, 2.24) is 5.06 Å². The number of rotatable bonds is 4. The van der Waals surface area contributed by atoms with E-state index in [0.717, 1.165) is 0 Å². The number of carbonyl (C=O) groups is 2. The maximum Gasteiger partial charge on any atom is 0.357 e. The van der Waals surface area contributed by atoms with Crippen LogP contribution in [0, 0.1) is 5.41 Å². The van der Waals surface area contributed by atoms with Crippen molar-refractivity contribution in [2.24, 2.45) is 5.41 Å². The molecule has 29 heavy (non-hydrogen) atoms. The lowest BCUT2D eigenvalue weighted by Crippen LogP contribution is -2.40. The van der Waals surface area contributed by atoms with Crippen molar-refractivity contribution in [3.05, 3.63) is 71.3 Å². The van der Waals surface area contributed by atoms with Crippen LogP contribution in [0.15, 0.2) is 54.6 Å². The number of piperidine rings is 1. The molecule has 1 spiro atoms. The second kappa shape index (κ2) is 7.22. The summed E-state index contributed by atoms with van der Waals surface area (Å²) in [6.45, 7) is 0.220. The number of hydroxylamine groups is 2. The standard InChI is InChI=1S/C22H21F2NO4/c1-28-19(26)17-9-7-15(8-10-17)18-13-21(14-22(21,23)24)11-12-25(18)29-20(27)16-5-3-2-4-6-16/h2-10,18H,11-14H2,1H3/t18-,21-/m0/s1. The third-order valence-electron chi connectivity index (χ3n) is 5.88. The van der Waals surface area contributed by atoms with Crippen molar-refractivity contribution >= 4 is 11.9 Å². The largest absolute Gasteiger partial charge is 0.465 e. The fraction of sp³-hybridized carbons (Fsp3) is 0.364. The van der Waals surface area contributed by atoms with E-state index >= 15 is 0 Å². The van der Waals surface area contributed by atoms with Gasteiger partial charge in [-0.25, -0.2) is 18.4 Å². The van der Waals surface area contributed by atoms with Gasteiger partial charge in [-0.2, -0.15) is 0 Å². The fourth-order valence-electron chi connectivity index (χ4n) is 4.01. The Morgan fingerprint density at radius 3 is 2.21 bits per heavy atom. The van der Waals surface area contributed by atoms with Gasteiger partial charge in [0.1, 0.15) is 0 Å². The van der Waals surface area contributed by atoms with Crippen LogP contribution in [0.2, 0.25) is 0 Å². The lowest BCUT2D eigenvalue weighted by molar-refractivity contribution is -0.169. The molecule has 1 saturated heterocycles. The van der Waals surface area contributed by atoms with Gasteiger partial charge in [0.25, 0.3) is 5.92 Å². The van der Waals surface area contributed by atoms with E-state index in [4.69, 9.17) is 9.57 Å². The topological polar surface area (TPSA) is 55.8 Å². The maximum atomic E-state index is 14.0. The molecule has 1 aliphatic heterocycles. The first kappa shape index (κ1) is 19.5. The smallest absolute Gasteiger partial charge is 0.357 e. The number of hydrogen-bond acceptors (Lipinski definition) is 5. The summed E-state index contributed by atoms with van der Waals surface area (Å²) in [6.07, 6.45) is 0.301. The predicted octanol–water partition coefficient (Wildman–Crippen LogP) is 4.41. The molecule has 0 bridgehead atoms. The van der Waals surface area contributed by atoms with Crippen LogP contribution in [-0.4, -0.2) is 36.6 Å². The SMILES string of the molecule is COC(=O)c1ccc([C@@H]2C[C@@]3(CCN2OC(=O)c2ccccc2)CC3(F)F)cc1. The second-order valence-electron chi connectivity index (χ2n) is 7.63. The molecule has 152 valence electrons. The van der Waals surface area contributed by atoms with Gasteiger partial charge < -0.3 is 9.57 Å². The summed E-state index contributed by atoms with van der Waals surface area (Å²) in [7, 11) is 1.29. The fourth-order valence-corrected chi connectivity index (χ4v) is 4.01. The van der Waals surface area contributed by atoms with Crippen molar-refractivity contribution in [3.63, 3.8) is 0 Å². The first-order chi connectivity index (χ1) is 13.9. The minimum absolute atomic E-state index is 0.142. The van der Waals surface area contributed by atoms with Crippen LogP contribution in [-0.2, 0) is 9.57 Å². The Balaban J connectivity index is 1.58. The summed E-state index contributed by atoms with van der Waals surface area (Å²) in [5.74, 6) is -3.69. The Bertz CT molecular complexity index is 916. The Morgan fingerprint density at radius 2 is 1.62 bits per heavy atom. The van der Waals surface area contributed by atoms with Crippen LogP contribution in [0.3, 0.4) is 0 Å². The summed E-state index contributed by atoms with van der Waals surface area (Å²) in [5, 5.41) is 1.49. The van der Waals surface area contributed by atoms with Gasteiger partial charge in [-0.05, 0) is 42.7 Å². The number of nitrogens with zero attached hydrogens (tertiary/aromatic N) is 1. The lowest BCUT2D eigenvalue weighted by atomic mass is 9.85. The monoisotopic (exact) mass is 401 g/mol. The van der Waals surface area contributed by atoms with Gasteiger partial charge in [-0.1, -0.05) is 30.3 Å². The number of hydrogen-bond donors (Lipinski definition) is 0. The molecule has 1 aliphatic carbocycles. The summed E-state index contributed by atoms with van der Waals surface area (Å²) in [5.41, 5.74) is 0.421. The maximum absolute atomic E-state index is 14.0. The average Bonchev–Trinajstić information content (AvgIpc) is 3.28. The quantitative estimate of drug-likeness (QED) is 0.711. The molecule has 2 aromatic rings. The van der Waals surface area contributed by atoms with Crippen molar-refractivity contribution in [2.45, 2.75) is 31.2 Å². The summed E-state index contributed by atoms with van der Waals surface area (Å²) in [4.78, 5) is 29.8. The number of methoxy groups -OCH3 is 1. The van der Waals surface area contributed by atoms with Crippen molar-refractivity contribution in [2.75, 3.05) is 13.7 Å². The van der Waals surface area contributed by atoms with Crippen LogP contribution < -0.4 is 0 Å². The van der Waals surface area contributed by atoms with E-state index in [2.05, 4.69) is 0 Å². The van der Waals surface area contributed by atoms with Gasteiger partial charge in [0, 0.05) is 18.4 Å². The summed E-state index contributed by atoms with van der Waals surface area (Å²) >= 11 is 0. The minimum atomic E-state index is -2.69. The van der Waals surface area contributed by atoms with Gasteiger partial charge in [-0.15, -0.1) is 5.06 Å². The zero-order valence-electron chi connectivity index (χ0n) is 15.9. The van der Waals surface area contributed by atoms with Gasteiger partial charge in [0.15, 0.2) is 0 Å². The Kier molecular flexibility index (Phi) is 4.86. The van der Waals surface area contributed by atoms with Gasteiger partial charge in [-0.3, -0.25) is 0 Å². The van der Waals surface area contributed by atoms with Gasteiger partial charge in [0.2, 0.25) is 0 Å². The average molecular weight is 401 g/mol. The van der Waals surface area contributed by atoms with E-state index in [9.17, 15) is 18.4 Å². The highest BCUT2D eigenvalue weighted by atomic mass is 19.3. The van der Waals surface area contributed by atoms with Crippen LogP contribution >= 0.6 is 0 Å². The molecule has 2 aliphatic rings. The number of halogens is 2. The molecule has 1 heterocycles. The van der Waals surface area contributed by atoms with Crippen LogP contribution in [0.1, 0.15) is 51.6 Å². The molecule has 7 heteroatoms. The molecule has 5 nitrogen and oxygen atoms in total. The third kappa shape index (κ3) is 3.62. The molecule has 0 N–H and O–H groups in total. The highest BCUT2D eigenvalue weighted by Crippen LogP contribution is 2.68. The predicted molar refractivity (Wildman–Crippen MR) is 100 cm³/mol. The van der Waals surface area contributed by atoms with E-state index in [1.165, 1.54) is 12.2 Å². The zero-order valence-corrected chi connectivity index (χ0v) is 15.9. The van der Waals surface area contributed by atoms with Crippen molar-refractivity contribution in [3.8, 4) is 0 Å². The van der Waals surface area contributed by atoms with Gasteiger partial charge >= 0.3 is 11.9 Å². The molecular weight excluding hydrogens is 380 g/mol. The Hall–Kier alpha value is -2.80. The van der Waals surface area contributed by atoms with E-state index in [-0.39, 0.29) is 25.8 Å². The van der Waals surface area contributed by atoms with Crippen molar-refractivity contribution in [1.29, 1.82) is 0 Å². The number of carbonyl (C=O) groups excluding carboxylic acids is 2. The summed E-state index contributed by atoms with van der Waals surface area (Å²) < 4.78 is 32.8. The van der Waals surface area contributed by atoms with Gasteiger partial charge in [0.05, 0.1) is 24.3 Å². The molecule has 0 aromatic heterocycles. The molecular formula is C22H21F2NO4. The molecule has 1 saturated carbocycles. The van der Waals surface area contributed by atoms with Crippen LogP contribution in [0.4, 0.5) is 8.78 Å². The highest BCUT2D eigenvalue weighted by molar-refractivity contribution is 5.89. The van der Waals surface area contributed by atoms with E-state index in [0.29, 0.717) is 16.7 Å². The van der Waals surface area contributed by atoms with Crippen LogP contribution in [0.5, 0.6) is 0 Å². The molecule has 2 aromatic carbocycles. The Morgan fingerprint density at radius 1 is 1.00 bits per heavy atom. The number of ether oxygens (including phenoxy) is 1. The molecule has 4 rings (SSSR count). The second-order valence-corrected chi connectivity index (χ2v) is 7.63. The normalized spacial score (nSPS) is 25.4.